The van der Waals surface area contributed by atoms with Crippen LogP contribution in [0.25, 0.3) is 5.69 Å². The lowest BCUT2D eigenvalue weighted by Gasteiger charge is -2.33. The highest BCUT2D eigenvalue weighted by Gasteiger charge is 2.20. The van der Waals surface area contributed by atoms with E-state index in [1.165, 1.54) is 23.3 Å². The number of benzene rings is 2. The average Bonchev–Trinajstić information content (AvgIpc) is 3.30. The van der Waals surface area contributed by atoms with Gasteiger partial charge in [-0.15, -0.1) is 24.0 Å². The van der Waals surface area contributed by atoms with Crippen molar-refractivity contribution < 1.29 is 4.39 Å². The van der Waals surface area contributed by atoms with E-state index in [9.17, 15) is 4.39 Å². The van der Waals surface area contributed by atoms with Gasteiger partial charge in [-0.2, -0.15) is 5.10 Å². The number of nitrogens with zero attached hydrogens (tertiary/aromatic N) is 4. The van der Waals surface area contributed by atoms with Crippen LogP contribution in [0.1, 0.15) is 29.7 Å². The van der Waals surface area contributed by atoms with Crippen molar-refractivity contribution in [1.82, 2.24) is 25.3 Å². The van der Waals surface area contributed by atoms with Crippen molar-refractivity contribution in [2.75, 3.05) is 26.7 Å². The molecule has 3 aromatic rings. The summed E-state index contributed by atoms with van der Waals surface area (Å²) in [4.78, 5) is 6.93. The van der Waals surface area contributed by atoms with Crippen LogP contribution in [0.5, 0.6) is 0 Å². The Hall–Kier alpha value is -2.46. The Morgan fingerprint density at radius 2 is 1.82 bits per heavy atom. The van der Waals surface area contributed by atoms with Gasteiger partial charge in [0.15, 0.2) is 5.96 Å². The molecule has 0 saturated carbocycles. The van der Waals surface area contributed by atoms with Crippen LogP contribution in [0.4, 0.5) is 4.39 Å². The summed E-state index contributed by atoms with van der Waals surface area (Å²) >= 11 is 0. The lowest BCUT2D eigenvalue weighted by Crippen LogP contribution is -2.48. The number of likely N-dealkylation sites (tertiary alicyclic amines) is 1. The van der Waals surface area contributed by atoms with Crippen molar-refractivity contribution in [3.63, 3.8) is 0 Å². The lowest BCUT2D eigenvalue weighted by atomic mass is 10.0. The first-order chi connectivity index (χ1) is 16.1. The van der Waals surface area contributed by atoms with Crippen LogP contribution in [0.3, 0.4) is 0 Å². The normalized spacial score (nSPS) is 15.1. The molecule has 8 heteroatoms. The van der Waals surface area contributed by atoms with Crippen LogP contribution >= 0.6 is 24.0 Å². The van der Waals surface area contributed by atoms with E-state index in [-0.39, 0.29) is 29.8 Å². The van der Waals surface area contributed by atoms with Gasteiger partial charge in [0.05, 0.1) is 11.4 Å². The molecule has 2 N–H and O–H groups in total. The molecule has 0 amide bonds. The molecule has 0 unspecified atom stereocenters. The van der Waals surface area contributed by atoms with E-state index in [4.69, 9.17) is 0 Å². The Labute approximate surface area is 218 Å². The van der Waals surface area contributed by atoms with E-state index >= 15 is 0 Å². The van der Waals surface area contributed by atoms with E-state index in [2.05, 4.69) is 56.8 Å². The maximum absolute atomic E-state index is 13.1. The highest BCUT2D eigenvalue weighted by atomic mass is 127. The zero-order chi connectivity index (χ0) is 23.0. The summed E-state index contributed by atoms with van der Waals surface area (Å²) in [5.41, 5.74) is 4.61. The third-order valence-corrected chi connectivity index (χ3v) is 6.22. The van der Waals surface area contributed by atoms with Gasteiger partial charge < -0.3 is 10.6 Å². The zero-order valence-electron chi connectivity index (χ0n) is 19.9. The van der Waals surface area contributed by atoms with Crippen molar-refractivity contribution >= 4 is 29.9 Å². The molecule has 6 nitrogen and oxygen atoms in total. The van der Waals surface area contributed by atoms with E-state index in [0.29, 0.717) is 6.04 Å². The number of aromatic nitrogens is 2. The molecule has 1 fully saturated rings. The van der Waals surface area contributed by atoms with Crippen LogP contribution < -0.4 is 10.6 Å². The first-order valence-corrected chi connectivity index (χ1v) is 11.7. The summed E-state index contributed by atoms with van der Waals surface area (Å²) in [5, 5.41) is 11.6. The topological polar surface area (TPSA) is 57.5 Å². The Kier molecular flexibility index (Phi) is 9.88. The van der Waals surface area contributed by atoms with Gasteiger partial charge in [-0.25, -0.2) is 9.07 Å². The van der Waals surface area contributed by atoms with Gasteiger partial charge in [-0.05, 0) is 61.2 Å². The highest BCUT2D eigenvalue weighted by Crippen LogP contribution is 2.16. The largest absolute Gasteiger partial charge is 0.356 e. The second-order valence-electron chi connectivity index (χ2n) is 8.60. The van der Waals surface area contributed by atoms with E-state index < -0.39 is 0 Å². The van der Waals surface area contributed by atoms with Crippen LogP contribution in [0.2, 0.25) is 0 Å². The van der Waals surface area contributed by atoms with Crippen molar-refractivity contribution in [3.05, 3.63) is 83.4 Å². The fraction of sp³-hybridized carbons (Fsp3) is 0.385. The van der Waals surface area contributed by atoms with Gasteiger partial charge in [0.25, 0.3) is 0 Å². The standard InChI is InChI=1S/C26H33FN6.HI/c1-20-5-3-4-6-21(20)19-32-16-12-23(13-17-32)30-26(28-2)29-15-11-24-14-18-33(31-24)25-9-7-22(27)8-10-25;/h3-10,14,18,23H,11-13,15-17,19H2,1-2H3,(H2,28,29,30);1H. The summed E-state index contributed by atoms with van der Waals surface area (Å²) in [5.74, 6) is 0.594. The van der Waals surface area contributed by atoms with Crippen LogP contribution in [0, 0.1) is 12.7 Å². The van der Waals surface area contributed by atoms with Gasteiger partial charge in [-0.3, -0.25) is 9.89 Å². The van der Waals surface area contributed by atoms with Gasteiger partial charge >= 0.3 is 0 Å². The minimum absolute atomic E-state index is 0. The molecule has 1 aliphatic heterocycles. The molecule has 0 aliphatic carbocycles. The predicted octanol–water partition coefficient (Wildman–Crippen LogP) is 4.31. The first-order valence-electron chi connectivity index (χ1n) is 11.7. The molecule has 1 aromatic heterocycles. The molecule has 1 saturated heterocycles. The van der Waals surface area contributed by atoms with Crippen LogP contribution in [0.15, 0.2) is 65.8 Å². The number of rotatable bonds is 7. The molecule has 0 spiro atoms. The van der Waals surface area contributed by atoms with Crippen LogP contribution in [-0.4, -0.2) is 53.4 Å². The molecule has 182 valence electrons. The molecule has 0 atom stereocenters. The number of halogens is 2. The number of aliphatic imine (C=N–C) groups is 1. The van der Waals surface area contributed by atoms with Gasteiger partial charge in [-0.1, -0.05) is 24.3 Å². The first kappa shape index (κ1) is 26.2. The van der Waals surface area contributed by atoms with Crippen molar-refractivity contribution in [2.45, 2.75) is 38.8 Å². The summed E-state index contributed by atoms with van der Waals surface area (Å²) in [6, 6.07) is 17.4. The second-order valence-corrected chi connectivity index (χ2v) is 8.60. The Morgan fingerprint density at radius 3 is 2.53 bits per heavy atom. The number of piperidine rings is 1. The predicted molar refractivity (Wildman–Crippen MR) is 147 cm³/mol. The Balaban J connectivity index is 0.00000324. The number of hydrogen-bond donors (Lipinski definition) is 2. The number of nitrogens with one attached hydrogen (secondary N) is 2. The quantitative estimate of drug-likeness (QED) is 0.250. The molecule has 2 aromatic carbocycles. The molecule has 4 rings (SSSR count). The summed E-state index contributed by atoms with van der Waals surface area (Å²) < 4.78 is 14.9. The lowest BCUT2D eigenvalue weighted by molar-refractivity contribution is 0.198. The monoisotopic (exact) mass is 576 g/mol. The third-order valence-electron chi connectivity index (χ3n) is 6.22. The van der Waals surface area contributed by atoms with E-state index in [0.717, 1.165) is 62.8 Å². The zero-order valence-corrected chi connectivity index (χ0v) is 22.2. The molecule has 1 aliphatic rings. The van der Waals surface area contributed by atoms with Crippen molar-refractivity contribution in [3.8, 4) is 5.69 Å². The van der Waals surface area contributed by atoms with E-state index in [1.807, 2.05) is 19.3 Å². The average molecular weight is 577 g/mol. The smallest absolute Gasteiger partial charge is 0.191 e. The van der Waals surface area contributed by atoms with Gasteiger partial charge in [0.2, 0.25) is 0 Å². The summed E-state index contributed by atoms with van der Waals surface area (Å²) in [6.45, 7) is 6.13. The van der Waals surface area contributed by atoms with E-state index in [1.54, 1.807) is 16.8 Å². The maximum Gasteiger partial charge on any atom is 0.191 e. The minimum Gasteiger partial charge on any atom is -0.356 e. The molecule has 2 heterocycles. The van der Waals surface area contributed by atoms with Gasteiger partial charge in [0, 0.05) is 51.9 Å². The summed E-state index contributed by atoms with van der Waals surface area (Å²) in [7, 11) is 1.81. The molecule has 0 bridgehead atoms. The van der Waals surface area contributed by atoms with Crippen molar-refractivity contribution in [1.29, 1.82) is 0 Å². The summed E-state index contributed by atoms with van der Waals surface area (Å²) in [6.07, 6.45) is 4.90. The van der Waals surface area contributed by atoms with Gasteiger partial charge in [0.1, 0.15) is 5.82 Å². The van der Waals surface area contributed by atoms with Crippen molar-refractivity contribution in [2.24, 2.45) is 4.99 Å². The minimum atomic E-state index is -0.244. The Bertz CT molecular complexity index is 1060. The fourth-order valence-corrected chi connectivity index (χ4v) is 4.19. The number of hydrogen-bond acceptors (Lipinski definition) is 3. The second kappa shape index (κ2) is 12.9. The maximum atomic E-state index is 13.1. The third kappa shape index (κ3) is 7.27. The number of aryl methyl sites for hydroxylation is 1. The fourth-order valence-electron chi connectivity index (χ4n) is 4.19. The SMILES string of the molecule is CN=C(NCCc1ccn(-c2ccc(F)cc2)n1)NC1CCN(Cc2ccccc2C)CC1.I. The molecule has 0 radical (unpaired) electrons. The number of guanidine groups is 1. The molecular formula is C26H34FIN6. The highest BCUT2D eigenvalue weighted by molar-refractivity contribution is 14.0. The molecule has 34 heavy (non-hydrogen) atoms. The molecular weight excluding hydrogens is 542 g/mol. The Morgan fingerprint density at radius 1 is 1.09 bits per heavy atom. The van der Waals surface area contributed by atoms with Crippen LogP contribution in [-0.2, 0) is 13.0 Å².